The molecular formula is C13H20N4O4. The molecular weight excluding hydrogens is 276 g/mol. The summed E-state index contributed by atoms with van der Waals surface area (Å²) in [5.74, 6) is -0.368. The summed E-state index contributed by atoms with van der Waals surface area (Å²) in [4.78, 5) is 40.7. The van der Waals surface area contributed by atoms with Crippen molar-refractivity contribution in [1.82, 2.24) is 14.9 Å². The van der Waals surface area contributed by atoms with E-state index in [-0.39, 0.29) is 17.6 Å². The Bertz CT molecular complexity index is 586. The summed E-state index contributed by atoms with van der Waals surface area (Å²) in [6.45, 7) is 2.30. The topological polar surface area (TPSA) is 121 Å². The summed E-state index contributed by atoms with van der Waals surface area (Å²) in [5, 5.41) is 0. The summed E-state index contributed by atoms with van der Waals surface area (Å²) in [7, 11) is 0. The highest BCUT2D eigenvalue weighted by atomic mass is 16.5. The Morgan fingerprint density at radius 1 is 1.38 bits per heavy atom. The van der Waals surface area contributed by atoms with Crippen LogP contribution in [0.25, 0.3) is 0 Å². The molecule has 1 aliphatic rings. The number of rotatable bonds is 5. The number of amides is 1. The molecule has 0 aromatic carbocycles. The van der Waals surface area contributed by atoms with Crippen LogP contribution < -0.4 is 17.0 Å². The van der Waals surface area contributed by atoms with Crippen LogP contribution >= 0.6 is 0 Å². The Morgan fingerprint density at radius 3 is 2.71 bits per heavy atom. The van der Waals surface area contributed by atoms with E-state index in [0.717, 1.165) is 25.5 Å². The molecule has 0 saturated carbocycles. The van der Waals surface area contributed by atoms with Gasteiger partial charge in [0.1, 0.15) is 5.56 Å². The summed E-state index contributed by atoms with van der Waals surface area (Å²) >= 11 is 0. The van der Waals surface area contributed by atoms with Crippen molar-refractivity contribution in [1.29, 1.82) is 0 Å². The number of aromatic amines is 2. The number of aromatic nitrogens is 2. The lowest BCUT2D eigenvalue weighted by atomic mass is 10.1. The average Bonchev–Trinajstić information content (AvgIpc) is 2.48. The van der Waals surface area contributed by atoms with Gasteiger partial charge in [-0.1, -0.05) is 0 Å². The number of carbonyl (C=O) groups is 1. The van der Waals surface area contributed by atoms with Gasteiger partial charge in [0.2, 0.25) is 0 Å². The maximum atomic E-state index is 12.2. The van der Waals surface area contributed by atoms with Crippen LogP contribution in [0.15, 0.2) is 15.8 Å². The molecule has 0 radical (unpaired) electrons. The molecule has 1 aliphatic heterocycles. The van der Waals surface area contributed by atoms with E-state index in [1.807, 2.05) is 0 Å². The first kappa shape index (κ1) is 15.5. The van der Waals surface area contributed by atoms with Crippen LogP contribution in [0.5, 0.6) is 0 Å². The normalized spacial score (nSPS) is 16.1. The van der Waals surface area contributed by atoms with E-state index in [9.17, 15) is 14.4 Å². The summed E-state index contributed by atoms with van der Waals surface area (Å²) in [6.07, 6.45) is 3.59. The van der Waals surface area contributed by atoms with Gasteiger partial charge in [-0.3, -0.25) is 14.6 Å². The molecule has 0 spiro atoms. The van der Waals surface area contributed by atoms with Crippen LogP contribution in [0.2, 0.25) is 0 Å². The number of H-pyrrole nitrogens is 2. The Kier molecular flexibility index (Phi) is 5.29. The van der Waals surface area contributed by atoms with Crippen molar-refractivity contribution in [3.8, 4) is 0 Å². The van der Waals surface area contributed by atoms with Crippen molar-refractivity contribution in [3.63, 3.8) is 0 Å². The van der Waals surface area contributed by atoms with Crippen LogP contribution in [0.3, 0.4) is 0 Å². The lowest BCUT2D eigenvalue weighted by Gasteiger charge is -2.31. The molecule has 1 fully saturated rings. The molecule has 0 aliphatic carbocycles. The van der Waals surface area contributed by atoms with Gasteiger partial charge in [0.05, 0.1) is 6.10 Å². The van der Waals surface area contributed by atoms with E-state index in [0.29, 0.717) is 26.2 Å². The molecule has 0 atom stereocenters. The van der Waals surface area contributed by atoms with Crippen LogP contribution in [0.4, 0.5) is 0 Å². The van der Waals surface area contributed by atoms with Crippen molar-refractivity contribution < 1.29 is 9.53 Å². The van der Waals surface area contributed by atoms with Crippen LogP contribution in [-0.4, -0.2) is 53.1 Å². The van der Waals surface area contributed by atoms with Crippen molar-refractivity contribution in [2.75, 3.05) is 26.2 Å². The van der Waals surface area contributed by atoms with Gasteiger partial charge in [-0.05, 0) is 25.8 Å². The first-order valence-corrected chi connectivity index (χ1v) is 7.04. The second kappa shape index (κ2) is 7.19. The van der Waals surface area contributed by atoms with E-state index < -0.39 is 11.2 Å². The smallest absolute Gasteiger partial charge is 0.325 e. The maximum Gasteiger partial charge on any atom is 0.325 e. The zero-order valence-electron chi connectivity index (χ0n) is 11.8. The van der Waals surface area contributed by atoms with Gasteiger partial charge >= 0.3 is 5.69 Å². The molecule has 1 aromatic heterocycles. The van der Waals surface area contributed by atoms with Crippen molar-refractivity contribution in [2.24, 2.45) is 5.73 Å². The maximum absolute atomic E-state index is 12.2. The number of nitrogens with one attached hydrogen (secondary N) is 2. The molecule has 1 aromatic rings. The standard InChI is InChI=1S/C13H20N4O4/c14-4-1-7-21-9-2-5-17(6-3-9)12(19)10-8-15-13(20)16-11(10)18/h8-9H,1-7,14H2,(H2,15,16,18,20). The van der Waals surface area contributed by atoms with Gasteiger partial charge in [-0.2, -0.15) is 0 Å². The SMILES string of the molecule is NCCCOC1CCN(C(=O)c2c[nH]c(=O)[nH]c2=O)CC1. The number of likely N-dealkylation sites (tertiary alicyclic amines) is 1. The quantitative estimate of drug-likeness (QED) is 0.604. The molecule has 0 bridgehead atoms. The van der Waals surface area contributed by atoms with Crippen LogP contribution in [0, 0.1) is 0 Å². The summed E-state index contributed by atoms with van der Waals surface area (Å²) in [6, 6.07) is 0. The molecule has 8 nitrogen and oxygen atoms in total. The highest BCUT2D eigenvalue weighted by Gasteiger charge is 2.25. The van der Waals surface area contributed by atoms with E-state index in [4.69, 9.17) is 10.5 Å². The second-order valence-electron chi connectivity index (χ2n) is 4.99. The predicted molar refractivity (Wildman–Crippen MR) is 76.2 cm³/mol. The number of hydrogen-bond donors (Lipinski definition) is 3. The largest absolute Gasteiger partial charge is 0.378 e. The molecule has 1 amide bonds. The summed E-state index contributed by atoms with van der Waals surface area (Å²) in [5.41, 5.74) is 4.08. The minimum absolute atomic E-state index is 0.0444. The molecule has 4 N–H and O–H groups in total. The minimum atomic E-state index is -0.662. The number of ether oxygens (including phenoxy) is 1. The molecule has 1 saturated heterocycles. The fourth-order valence-electron chi connectivity index (χ4n) is 2.30. The third-order valence-corrected chi connectivity index (χ3v) is 3.48. The highest BCUT2D eigenvalue weighted by Crippen LogP contribution is 2.15. The number of nitrogens with zero attached hydrogens (tertiary/aromatic N) is 1. The fourth-order valence-corrected chi connectivity index (χ4v) is 2.30. The van der Waals surface area contributed by atoms with E-state index in [1.54, 1.807) is 4.90 Å². The average molecular weight is 296 g/mol. The van der Waals surface area contributed by atoms with Gasteiger partial charge < -0.3 is 20.4 Å². The third-order valence-electron chi connectivity index (χ3n) is 3.48. The number of hydrogen-bond acceptors (Lipinski definition) is 5. The Morgan fingerprint density at radius 2 is 2.10 bits per heavy atom. The zero-order chi connectivity index (χ0) is 15.2. The van der Waals surface area contributed by atoms with Crippen LogP contribution in [0.1, 0.15) is 29.6 Å². The predicted octanol–water partition coefficient (Wildman–Crippen LogP) is -0.967. The van der Waals surface area contributed by atoms with E-state index in [2.05, 4.69) is 9.97 Å². The van der Waals surface area contributed by atoms with Crippen molar-refractivity contribution in [3.05, 3.63) is 32.6 Å². The number of piperidine rings is 1. The Balaban J connectivity index is 1.91. The lowest BCUT2D eigenvalue weighted by Crippen LogP contribution is -2.43. The van der Waals surface area contributed by atoms with Gasteiger partial charge in [-0.25, -0.2) is 4.79 Å². The Hall–Kier alpha value is -1.93. The van der Waals surface area contributed by atoms with E-state index >= 15 is 0 Å². The lowest BCUT2D eigenvalue weighted by molar-refractivity contribution is 0.00839. The Labute approximate surface area is 121 Å². The van der Waals surface area contributed by atoms with Crippen molar-refractivity contribution in [2.45, 2.75) is 25.4 Å². The molecule has 8 heteroatoms. The van der Waals surface area contributed by atoms with Gasteiger partial charge in [0.15, 0.2) is 0 Å². The van der Waals surface area contributed by atoms with Gasteiger partial charge in [0, 0.05) is 25.9 Å². The van der Waals surface area contributed by atoms with Gasteiger partial charge in [0.25, 0.3) is 11.5 Å². The zero-order valence-corrected chi connectivity index (χ0v) is 11.8. The summed E-state index contributed by atoms with van der Waals surface area (Å²) < 4.78 is 5.66. The monoisotopic (exact) mass is 296 g/mol. The molecule has 21 heavy (non-hydrogen) atoms. The van der Waals surface area contributed by atoms with E-state index in [1.165, 1.54) is 0 Å². The first-order valence-electron chi connectivity index (χ1n) is 7.04. The fraction of sp³-hybridized carbons (Fsp3) is 0.615. The molecule has 0 unspecified atom stereocenters. The molecule has 2 rings (SSSR count). The minimum Gasteiger partial charge on any atom is -0.378 e. The molecule has 116 valence electrons. The second-order valence-corrected chi connectivity index (χ2v) is 4.99. The molecule has 2 heterocycles. The number of carbonyl (C=O) groups excluding carboxylic acids is 1. The highest BCUT2D eigenvalue weighted by molar-refractivity contribution is 5.93. The van der Waals surface area contributed by atoms with Crippen molar-refractivity contribution >= 4 is 5.91 Å². The first-order chi connectivity index (χ1) is 10.1. The third kappa shape index (κ3) is 4.02. The van der Waals surface area contributed by atoms with Crippen LogP contribution in [-0.2, 0) is 4.74 Å². The van der Waals surface area contributed by atoms with Gasteiger partial charge in [-0.15, -0.1) is 0 Å². The number of nitrogens with two attached hydrogens (primary N) is 1.